The van der Waals surface area contributed by atoms with Crippen molar-refractivity contribution in [3.8, 4) is 46.2 Å². The van der Waals surface area contributed by atoms with Crippen LogP contribution in [0.15, 0.2) is 29.0 Å². The minimum absolute atomic E-state index is 0.0763. The van der Waals surface area contributed by atoms with Crippen molar-refractivity contribution >= 4 is 47.1 Å². The van der Waals surface area contributed by atoms with Gasteiger partial charge in [0.25, 0.3) is 0 Å². The largest absolute Gasteiger partial charge is 0.455 e. The molecule has 4 aromatic rings. The molecule has 0 aliphatic rings. The van der Waals surface area contributed by atoms with Crippen LogP contribution in [0.25, 0.3) is 22.5 Å². The van der Waals surface area contributed by atoms with E-state index in [1.807, 2.05) is 44.2 Å². The molecule has 0 saturated carbocycles. The third-order valence-corrected chi connectivity index (χ3v) is 6.93. The summed E-state index contributed by atoms with van der Waals surface area (Å²) in [4.78, 5) is 6.00. The Bertz CT molecular complexity index is 1540. The van der Waals surface area contributed by atoms with Gasteiger partial charge >= 0.3 is 0 Å². The van der Waals surface area contributed by atoms with Crippen LogP contribution in [0, 0.1) is 50.2 Å². The molecule has 2 N–H and O–H groups in total. The minimum atomic E-state index is -0.831. The van der Waals surface area contributed by atoms with Crippen molar-refractivity contribution in [2.45, 2.75) is 13.8 Å². The number of aromatic amines is 2. The molecule has 0 unspecified atom stereocenters. The summed E-state index contributed by atoms with van der Waals surface area (Å²) < 4.78 is 23.0. The number of rotatable bonds is 4. The van der Waals surface area contributed by atoms with Crippen LogP contribution in [-0.2, 0) is 0 Å². The molecule has 0 aliphatic carbocycles. The maximum absolute atomic E-state index is 15.7. The van der Waals surface area contributed by atoms with Crippen LogP contribution in [0.1, 0.15) is 22.3 Å². The molecule has 2 aromatic carbocycles. The zero-order valence-electron chi connectivity index (χ0n) is 16.7. The van der Waals surface area contributed by atoms with Gasteiger partial charge in [0, 0.05) is 16.3 Å². The van der Waals surface area contributed by atoms with Gasteiger partial charge < -0.3 is 14.7 Å². The number of nitriles is 2. The lowest BCUT2D eigenvalue weighted by Crippen LogP contribution is -2.04. The van der Waals surface area contributed by atoms with Crippen molar-refractivity contribution in [1.82, 2.24) is 9.97 Å². The van der Waals surface area contributed by atoms with Crippen LogP contribution in [0.2, 0.25) is 0 Å². The molecule has 5 nitrogen and oxygen atoms in total. The van der Waals surface area contributed by atoms with Crippen molar-refractivity contribution in [3.05, 3.63) is 64.9 Å². The summed E-state index contributed by atoms with van der Waals surface area (Å²) in [6.07, 6.45) is 0. The van der Waals surface area contributed by atoms with Gasteiger partial charge in [-0.25, -0.2) is 4.39 Å². The highest BCUT2D eigenvalue weighted by molar-refractivity contribution is 7.73. The van der Waals surface area contributed by atoms with Gasteiger partial charge in [-0.2, -0.15) is 10.5 Å². The number of halogens is 1. The normalized spacial score (nSPS) is 10.5. The topological polar surface area (TPSA) is 88.4 Å². The number of thiazole rings is 2. The van der Waals surface area contributed by atoms with E-state index in [-0.39, 0.29) is 22.4 Å². The molecular weight excluding hydrogens is 484 g/mol. The predicted molar refractivity (Wildman–Crippen MR) is 129 cm³/mol. The van der Waals surface area contributed by atoms with Gasteiger partial charge in [0.15, 0.2) is 19.5 Å². The van der Waals surface area contributed by atoms with E-state index < -0.39 is 11.4 Å². The number of nitrogens with one attached hydrogen (secondary N) is 2. The lowest BCUT2D eigenvalue weighted by Gasteiger charge is -2.19. The second-order valence-corrected chi connectivity index (χ2v) is 9.91. The van der Waals surface area contributed by atoms with Gasteiger partial charge in [-0.1, -0.05) is 18.2 Å². The van der Waals surface area contributed by atoms with Crippen LogP contribution in [0.4, 0.5) is 4.39 Å². The van der Waals surface area contributed by atoms with Crippen molar-refractivity contribution < 1.29 is 9.13 Å². The number of aryl methyl sites for hydroxylation is 2. The van der Waals surface area contributed by atoms with Gasteiger partial charge in [-0.15, -0.1) is 22.7 Å². The maximum atomic E-state index is 15.7. The number of benzene rings is 2. The fraction of sp³-hybridized carbons (Fsp3) is 0.0909. The molecule has 0 fully saturated rings. The smallest absolute Gasteiger partial charge is 0.158 e. The second kappa shape index (κ2) is 8.77. The standard InChI is InChI=1S/C22H13FN4OS4/c1-10-4-3-5-11(2)19(10)28-20-13(7-25)12(6-24)18(23)16(14-8-31-21(29)26-14)17(20)15-9-32-22(30)27-15/h3-5,8-9H,1-2H3,(H,26,29)(H,27,30). The molecule has 0 spiro atoms. The van der Waals surface area contributed by atoms with Crippen molar-refractivity contribution in [2.24, 2.45) is 0 Å². The summed E-state index contributed by atoms with van der Waals surface area (Å²) in [5.41, 5.74) is 2.30. The number of aromatic nitrogens is 2. The molecule has 32 heavy (non-hydrogen) atoms. The third-order valence-electron chi connectivity index (χ3n) is 4.81. The molecule has 0 atom stereocenters. The van der Waals surface area contributed by atoms with E-state index >= 15 is 4.39 Å². The van der Waals surface area contributed by atoms with Gasteiger partial charge in [0.1, 0.15) is 29.0 Å². The zero-order valence-corrected chi connectivity index (χ0v) is 20.0. The molecule has 0 amide bonds. The summed E-state index contributed by atoms with van der Waals surface area (Å²) in [5.74, 6) is -0.228. The van der Waals surface area contributed by atoms with Gasteiger partial charge in [0.05, 0.1) is 17.0 Å². The third kappa shape index (κ3) is 3.78. The van der Waals surface area contributed by atoms with Gasteiger partial charge in [0.2, 0.25) is 0 Å². The van der Waals surface area contributed by atoms with Crippen LogP contribution < -0.4 is 4.74 Å². The summed E-state index contributed by atoms with van der Waals surface area (Å²) in [7, 11) is 0. The number of hydrogen-bond acceptors (Lipinski definition) is 7. The quantitative estimate of drug-likeness (QED) is 0.285. The number of hydrogen-bond donors (Lipinski definition) is 2. The summed E-state index contributed by atoms with van der Waals surface area (Å²) in [5, 5.41) is 23.0. The second-order valence-electron chi connectivity index (χ2n) is 6.81. The van der Waals surface area contributed by atoms with Crippen LogP contribution in [0.5, 0.6) is 11.5 Å². The van der Waals surface area contributed by atoms with E-state index in [1.165, 1.54) is 22.7 Å². The predicted octanol–water partition coefficient (Wildman–Crippen LogP) is 7.55. The van der Waals surface area contributed by atoms with Crippen LogP contribution >= 0.6 is 47.1 Å². The molecular formula is C22H13FN4OS4. The molecule has 0 saturated heterocycles. The van der Waals surface area contributed by atoms with E-state index in [1.54, 1.807) is 10.8 Å². The highest BCUT2D eigenvalue weighted by Gasteiger charge is 2.29. The number of nitrogens with zero attached hydrogens (tertiary/aromatic N) is 2. The van der Waals surface area contributed by atoms with Crippen LogP contribution in [0.3, 0.4) is 0 Å². The van der Waals surface area contributed by atoms with Crippen molar-refractivity contribution in [3.63, 3.8) is 0 Å². The first-order chi connectivity index (χ1) is 15.3. The number of ether oxygens (including phenoxy) is 1. The SMILES string of the molecule is Cc1cccc(C)c1Oc1c(C#N)c(C#N)c(F)c(-c2csc(=S)[nH]2)c1-c1csc(=S)[nH]1. The summed E-state index contributed by atoms with van der Waals surface area (Å²) in [6, 6.07) is 9.43. The average molecular weight is 497 g/mol. The first-order valence-corrected chi connectivity index (χ1v) is 11.7. The number of para-hydroxylation sites is 1. The fourth-order valence-electron chi connectivity index (χ4n) is 3.39. The van der Waals surface area contributed by atoms with Gasteiger partial charge in [-0.05, 0) is 49.4 Å². The summed E-state index contributed by atoms with van der Waals surface area (Å²) in [6.45, 7) is 3.75. The molecule has 158 valence electrons. The van der Waals surface area contributed by atoms with E-state index in [2.05, 4.69) is 9.97 Å². The first-order valence-electron chi connectivity index (χ1n) is 9.15. The first kappa shape index (κ1) is 22.1. The molecule has 2 heterocycles. The van der Waals surface area contributed by atoms with Crippen molar-refractivity contribution in [1.29, 1.82) is 10.5 Å². The zero-order chi connectivity index (χ0) is 23.0. The molecule has 0 aliphatic heterocycles. The Morgan fingerprint density at radius 1 is 0.875 bits per heavy atom. The maximum Gasteiger partial charge on any atom is 0.158 e. The Kier molecular flexibility index (Phi) is 6.04. The van der Waals surface area contributed by atoms with Crippen molar-refractivity contribution in [2.75, 3.05) is 0 Å². The highest BCUT2D eigenvalue weighted by Crippen LogP contribution is 2.47. The highest BCUT2D eigenvalue weighted by atomic mass is 32.2. The Labute approximate surface area is 201 Å². The lowest BCUT2D eigenvalue weighted by molar-refractivity contribution is 0.473. The monoisotopic (exact) mass is 496 g/mol. The number of H-pyrrole nitrogens is 2. The van der Waals surface area contributed by atoms with E-state index in [4.69, 9.17) is 29.2 Å². The molecule has 10 heteroatoms. The summed E-state index contributed by atoms with van der Waals surface area (Å²) >= 11 is 12.9. The Morgan fingerprint density at radius 2 is 1.41 bits per heavy atom. The van der Waals surface area contributed by atoms with E-state index in [0.717, 1.165) is 11.1 Å². The molecule has 2 aromatic heterocycles. The minimum Gasteiger partial charge on any atom is -0.455 e. The average Bonchev–Trinajstić information content (AvgIpc) is 3.38. The Morgan fingerprint density at radius 3 is 1.88 bits per heavy atom. The molecule has 0 radical (unpaired) electrons. The Balaban J connectivity index is 2.18. The lowest BCUT2D eigenvalue weighted by atomic mass is 9.93. The van der Waals surface area contributed by atoms with Gasteiger partial charge in [-0.3, -0.25) is 0 Å². The molecule has 4 rings (SSSR count). The van der Waals surface area contributed by atoms with Crippen LogP contribution in [-0.4, -0.2) is 9.97 Å². The molecule has 0 bridgehead atoms. The van der Waals surface area contributed by atoms with E-state index in [9.17, 15) is 10.5 Å². The van der Waals surface area contributed by atoms with E-state index in [0.29, 0.717) is 25.0 Å². The Hall–Kier alpha value is -3.15. The fourth-order valence-corrected chi connectivity index (χ4v) is 5.04.